The molecule has 0 aromatic heterocycles. The van der Waals surface area contributed by atoms with Crippen molar-refractivity contribution in [2.45, 2.75) is 26.9 Å². The number of amides is 1. The van der Waals surface area contributed by atoms with Crippen LogP contribution >= 0.6 is 0 Å². The van der Waals surface area contributed by atoms with Crippen molar-refractivity contribution in [3.63, 3.8) is 0 Å². The van der Waals surface area contributed by atoms with Crippen LogP contribution in [0.1, 0.15) is 20.8 Å². The van der Waals surface area contributed by atoms with Crippen LogP contribution in [0.15, 0.2) is 24.3 Å². The molecule has 0 spiro atoms. The molecule has 7 heteroatoms. The minimum Gasteiger partial charge on any atom is -0.452 e. The largest absolute Gasteiger partial charge is 0.452 e. The lowest BCUT2D eigenvalue weighted by molar-refractivity contribution is -0.383. The second kappa shape index (κ2) is 6.65. The first-order valence-corrected chi connectivity index (χ1v) is 6.07. The lowest BCUT2D eigenvalue weighted by Crippen LogP contribution is -2.31. The Labute approximate surface area is 116 Å². The molecule has 1 aromatic rings. The quantitative estimate of drug-likeness (QED) is 0.506. The Hall–Kier alpha value is -2.44. The predicted molar refractivity (Wildman–Crippen MR) is 72.1 cm³/mol. The molecule has 0 aliphatic heterocycles. The number of nitro benzene ring substituents is 1. The zero-order valence-corrected chi connectivity index (χ0v) is 11.5. The van der Waals surface area contributed by atoms with E-state index in [9.17, 15) is 19.7 Å². The Morgan fingerprint density at radius 3 is 2.40 bits per heavy atom. The van der Waals surface area contributed by atoms with E-state index in [-0.39, 0.29) is 17.3 Å². The molecule has 108 valence electrons. The van der Waals surface area contributed by atoms with Crippen LogP contribution in [-0.4, -0.2) is 22.9 Å². The van der Waals surface area contributed by atoms with E-state index in [4.69, 9.17) is 4.74 Å². The molecule has 1 aromatic carbocycles. The number of carbonyl (C=O) groups is 2. The summed E-state index contributed by atoms with van der Waals surface area (Å²) in [6.45, 7) is 4.70. The summed E-state index contributed by atoms with van der Waals surface area (Å²) >= 11 is 0. The Bertz CT molecular complexity index is 527. The summed E-state index contributed by atoms with van der Waals surface area (Å²) in [7, 11) is 0. The average Bonchev–Trinajstić information content (AvgIpc) is 2.38. The summed E-state index contributed by atoms with van der Waals surface area (Å²) in [4.78, 5) is 33.4. The number of hydrogen-bond donors (Lipinski definition) is 1. The predicted octanol–water partition coefficient (Wildman–Crippen LogP) is 2.12. The van der Waals surface area contributed by atoms with Gasteiger partial charge in [-0.25, -0.2) is 0 Å². The molecule has 0 aliphatic rings. The summed E-state index contributed by atoms with van der Waals surface area (Å²) in [5.74, 6) is -1.47. The van der Waals surface area contributed by atoms with Crippen molar-refractivity contribution in [3.8, 4) is 0 Å². The van der Waals surface area contributed by atoms with Gasteiger partial charge in [0.25, 0.3) is 11.6 Å². The first-order valence-electron chi connectivity index (χ1n) is 6.07. The molecule has 1 N–H and O–H groups in total. The van der Waals surface area contributed by atoms with Gasteiger partial charge in [-0.3, -0.25) is 19.7 Å². The molecule has 1 unspecified atom stereocenters. The zero-order chi connectivity index (χ0) is 15.3. The molecular formula is C13H16N2O5. The molecule has 0 saturated carbocycles. The van der Waals surface area contributed by atoms with Crippen molar-refractivity contribution >= 4 is 23.3 Å². The van der Waals surface area contributed by atoms with E-state index in [1.54, 1.807) is 19.9 Å². The van der Waals surface area contributed by atoms with Gasteiger partial charge in [0.2, 0.25) is 0 Å². The third-order valence-electron chi connectivity index (χ3n) is 2.49. The number of para-hydroxylation sites is 2. The van der Waals surface area contributed by atoms with Crippen LogP contribution in [-0.2, 0) is 14.3 Å². The zero-order valence-electron chi connectivity index (χ0n) is 11.5. The van der Waals surface area contributed by atoms with E-state index >= 15 is 0 Å². The molecule has 1 atom stereocenters. The molecule has 0 heterocycles. The van der Waals surface area contributed by atoms with E-state index in [0.717, 1.165) is 0 Å². The normalized spacial score (nSPS) is 11.8. The summed E-state index contributed by atoms with van der Waals surface area (Å²) in [6, 6.07) is 5.75. The van der Waals surface area contributed by atoms with Crippen molar-refractivity contribution in [3.05, 3.63) is 34.4 Å². The first kappa shape index (κ1) is 15.6. The number of esters is 1. The van der Waals surface area contributed by atoms with E-state index < -0.39 is 22.9 Å². The molecule has 0 radical (unpaired) electrons. The SMILES string of the molecule is CC(C)C(=O)OC(C)C(=O)Nc1ccccc1[N+](=O)[O-]. The minimum atomic E-state index is -1.02. The second-order valence-corrected chi connectivity index (χ2v) is 4.50. The van der Waals surface area contributed by atoms with Crippen molar-refractivity contribution < 1.29 is 19.2 Å². The van der Waals surface area contributed by atoms with E-state index in [1.165, 1.54) is 25.1 Å². The third-order valence-corrected chi connectivity index (χ3v) is 2.49. The van der Waals surface area contributed by atoms with Gasteiger partial charge in [0.05, 0.1) is 10.8 Å². The lowest BCUT2D eigenvalue weighted by atomic mass is 10.2. The Balaban J connectivity index is 2.76. The van der Waals surface area contributed by atoms with Crippen molar-refractivity contribution in [1.82, 2.24) is 0 Å². The molecule has 0 aliphatic carbocycles. The van der Waals surface area contributed by atoms with Crippen molar-refractivity contribution in [2.75, 3.05) is 5.32 Å². The molecule has 20 heavy (non-hydrogen) atoms. The molecule has 1 amide bonds. The Kier molecular flexibility index (Phi) is 5.19. The van der Waals surface area contributed by atoms with Crippen LogP contribution in [0.2, 0.25) is 0 Å². The summed E-state index contributed by atoms with van der Waals surface area (Å²) in [5.41, 5.74) is -0.154. The number of benzene rings is 1. The number of hydrogen-bond acceptors (Lipinski definition) is 5. The van der Waals surface area contributed by atoms with Gasteiger partial charge in [-0.2, -0.15) is 0 Å². The van der Waals surface area contributed by atoms with E-state index in [2.05, 4.69) is 5.32 Å². The molecule has 7 nitrogen and oxygen atoms in total. The Morgan fingerprint density at radius 1 is 1.25 bits per heavy atom. The van der Waals surface area contributed by atoms with Crippen LogP contribution in [0.25, 0.3) is 0 Å². The molecule has 0 fully saturated rings. The topological polar surface area (TPSA) is 98.5 Å². The van der Waals surface area contributed by atoms with Crippen molar-refractivity contribution in [1.29, 1.82) is 0 Å². The molecule has 1 rings (SSSR count). The van der Waals surface area contributed by atoms with Crippen LogP contribution in [0.5, 0.6) is 0 Å². The Morgan fingerprint density at radius 2 is 1.85 bits per heavy atom. The number of nitrogens with zero attached hydrogens (tertiary/aromatic N) is 1. The van der Waals surface area contributed by atoms with Gasteiger partial charge < -0.3 is 10.1 Å². The standard InChI is InChI=1S/C13H16N2O5/c1-8(2)13(17)20-9(3)12(16)14-10-6-4-5-7-11(10)15(18)19/h4-9H,1-3H3,(H,14,16). The maximum atomic E-state index is 11.8. The summed E-state index contributed by atoms with van der Waals surface area (Å²) in [5, 5.41) is 13.2. The van der Waals surface area contributed by atoms with Gasteiger partial charge in [-0.1, -0.05) is 26.0 Å². The average molecular weight is 280 g/mol. The maximum absolute atomic E-state index is 11.8. The summed E-state index contributed by atoms with van der Waals surface area (Å²) < 4.78 is 4.93. The monoisotopic (exact) mass is 280 g/mol. The van der Waals surface area contributed by atoms with E-state index in [1.807, 2.05) is 0 Å². The van der Waals surface area contributed by atoms with Gasteiger partial charge in [0.15, 0.2) is 6.10 Å². The highest BCUT2D eigenvalue weighted by atomic mass is 16.6. The highest BCUT2D eigenvalue weighted by Crippen LogP contribution is 2.23. The van der Waals surface area contributed by atoms with Gasteiger partial charge in [0, 0.05) is 6.07 Å². The van der Waals surface area contributed by atoms with Gasteiger partial charge >= 0.3 is 5.97 Å². The number of anilines is 1. The van der Waals surface area contributed by atoms with Gasteiger partial charge in [0.1, 0.15) is 5.69 Å². The molecule has 0 bridgehead atoms. The van der Waals surface area contributed by atoms with Gasteiger partial charge in [-0.05, 0) is 13.0 Å². The second-order valence-electron chi connectivity index (χ2n) is 4.50. The molecule has 0 saturated heterocycles. The van der Waals surface area contributed by atoms with Crippen LogP contribution in [0.3, 0.4) is 0 Å². The highest BCUT2D eigenvalue weighted by molar-refractivity contribution is 5.96. The number of nitro groups is 1. The maximum Gasteiger partial charge on any atom is 0.309 e. The number of carbonyl (C=O) groups excluding carboxylic acids is 2. The fraction of sp³-hybridized carbons (Fsp3) is 0.385. The van der Waals surface area contributed by atoms with Crippen LogP contribution in [0, 0.1) is 16.0 Å². The number of nitrogens with one attached hydrogen (secondary N) is 1. The fourth-order valence-electron chi connectivity index (χ4n) is 1.34. The highest BCUT2D eigenvalue weighted by Gasteiger charge is 2.22. The first-order chi connectivity index (χ1) is 9.32. The van der Waals surface area contributed by atoms with Crippen LogP contribution < -0.4 is 5.32 Å². The van der Waals surface area contributed by atoms with Crippen molar-refractivity contribution in [2.24, 2.45) is 5.92 Å². The summed E-state index contributed by atoms with van der Waals surface area (Å²) in [6.07, 6.45) is -1.02. The fourth-order valence-corrected chi connectivity index (χ4v) is 1.34. The smallest absolute Gasteiger partial charge is 0.309 e. The minimum absolute atomic E-state index is 0.0648. The third kappa shape index (κ3) is 4.04. The van der Waals surface area contributed by atoms with E-state index in [0.29, 0.717) is 0 Å². The van der Waals surface area contributed by atoms with Gasteiger partial charge in [-0.15, -0.1) is 0 Å². The lowest BCUT2D eigenvalue weighted by Gasteiger charge is -2.14. The number of ether oxygens (including phenoxy) is 1. The van der Waals surface area contributed by atoms with Crippen LogP contribution in [0.4, 0.5) is 11.4 Å². The molecular weight excluding hydrogens is 264 g/mol. The number of rotatable bonds is 5.